The fourth-order valence-electron chi connectivity index (χ4n) is 1.81. The third kappa shape index (κ3) is 3.55. The van der Waals surface area contributed by atoms with E-state index in [9.17, 15) is 18.0 Å². The summed E-state index contributed by atoms with van der Waals surface area (Å²) >= 11 is 0. The van der Waals surface area contributed by atoms with Gasteiger partial charge in [-0.1, -0.05) is 0 Å². The van der Waals surface area contributed by atoms with Crippen molar-refractivity contribution in [2.24, 2.45) is 0 Å². The van der Waals surface area contributed by atoms with Crippen LogP contribution in [-0.4, -0.2) is 47.4 Å². The van der Waals surface area contributed by atoms with E-state index in [1.807, 2.05) is 0 Å². The van der Waals surface area contributed by atoms with E-state index in [4.69, 9.17) is 5.11 Å². The van der Waals surface area contributed by atoms with Crippen LogP contribution in [0.25, 0.3) is 0 Å². The van der Waals surface area contributed by atoms with E-state index in [1.165, 1.54) is 4.90 Å². The summed E-state index contributed by atoms with van der Waals surface area (Å²) in [6.45, 7) is 1.67. The highest BCUT2D eigenvalue weighted by atomic mass is 19.4. The monoisotopic (exact) mass is 240 g/mol. The number of hydrogen-bond donors (Lipinski definition) is 2. The Balaban J connectivity index is 2.40. The summed E-state index contributed by atoms with van der Waals surface area (Å²) in [5.41, 5.74) is 0. The number of halogens is 3. The van der Waals surface area contributed by atoms with Crippen LogP contribution < -0.4 is 5.32 Å². The second-order valence-electron chi connectivity index (χ2n) is 3.98. The number of alkyl halides is 3. The predicted molar refractivity (Wildman–Crippen MR) is 51.3 cm³/mol. The van der Waals surface area contributed by atoms with E-state index in [-0.39, 0.29) is 19.1 Å². The lowest BCUT2D eigenvalue weighted by molar-refractivity contribution is -0.181. The molecule has 7 heteroatoms. The summed E-state index contributed by atoms with van der Waals surface area (Å²) in [5.74, 6) is 0. The van der Waals surface area contributed by atoms with Gasteiger partial charge in [0.1, 0.15) is 6.04 Å². The zero-order valence-corrected chi connectivity index (χ0v) is 8.92. The molecule has 1 saturated heterocycles. The van der Waals surface area contributed by atoms with Crippen LogP contribution in [0.3, 0.4) is 0 Å². The molecule has 94 valence electrons. The molecule has 1 unspecified atom stereocenters. The van der Waals surface area contributed by atoms with Crippen LogP contribution in [0, 0.1) is 0 Å². The Labute approximate surface area is 91.4 Å². The van der Waals surface area contributed by atoms with Crippen LogP contribution in [-0.2, 0) is 0 Å². The molecule has 0 saturated carbocycles. The molecule has 1 amide bonds. The van der Waals surface area contributed by atoms with Crippen molar-refractivity contribution in [3.05, 3.63) is 0 Å². The molecule has 1 heterocycles. The normalized spacial score (nSPS) is 21.8. The van der Waals surface area contributed by atoms with Crippen molar-refractivity contribution in [2.75, 3.05) is 13.1 Å². The van der Waals surface area contributed by atoms with Crippen molar-refractivity contribution >= 4 is 6.09 Å². The summed E-state index contributed by atoms with van der Waals surface area (Å²) in [6.07, 6.45) is -4.49. The smallest absolute Gasteiger partial charge is 0.404 e. The molecule has 0 aromatic rings. The molecule has 2 N–H and O–H groups in total. The minimum atomic E-state index is -4.22. The Morgan fingerprint density at radius 3 is 2.31 bits per heavy atom. The highest BCUT2D eigenvalue weighted by Gasteiger charge is 2.41. The van der Waals surface area contributed by atoms with Crippen LogP contribution in [0.2, 0.25) is 0 Å². The molecule has 16 heavy (non-hydrogen) atoms. The Morgan fingerprint density at radius 1 is 1.44 bits per heavy atom. The highest BCUT2D eigenvalue weighted by Crippen LogP contribution is 2.26. The molecule has 1 atom stereocenters. The predicted octanol–water partition coefficient (Wildman–Crippen LogP) is 1.67. The van der Waals surface area contributed by atoms with Gasteiger partial charge in [0.05, 0.1) is 0 Å². The van der Waals surface area contributed by atoms with E-state index in [2.05, 4.69) is 5.32 Å². The highest BCUT2D eigenvalue weighted by molar-refractivity contribution is 5.64. The van der Waals surface area contributed by atoms with E-state index in [1.54, 1.807) is 0 Å². The first kappa shape index (κ1) is 13.1. The van der Waals surface area contributed by atoms with Gasteiger partial charge in [0, 0.05) is 19.1 Å². The lowest BCUT2D eigenvalue weighted by Crippen LogP contribution is -2.51. The standard InChI is InChI=1S/C9H15F3N2O2/c1-6(9(10,11)12)14-4-2-7(3-5-14)13-8(15)16/h6-7,13H,2-5H2,1H3,(H,15,16). The fraction of sp³-hybridized carbons (Fsp3) is 0.889. The van der Waals surface area contributed by atoms with Crippen molar-refractivity contribution in [3.63, 3.8) is 0 Å². The molecular weight excluding hydrogens is 225 g/mol. The second kappa shape index (κ2) is 4.90. The molecule has 0 aliphatic carbocycles. The maximum atomic E-state index is 12.4. The number of hydrogen-bond acceptors (Lipinski definition) is 2. The van der Waals surface area contributed by atoms with Crippen molar-refractivity contribution in [3.8, 4) is 0 Å². The van der Waals surface area contributed by atoms with Crippen LogP contribution >= 0.6 is 0 Å². The van der Waals surface area contributed by atoms with Crippen molar-refractivity contribution in [1.82, 2.24) is 10.2 Å². The van der Waals surface area contributed by atoms with Gasteiger partial charge in [0.25, 0.3) is 0 Å². The van der Waals surface area contributed by atoms with Gasteiger partial charge in [-0.2, -0.15) is 13.2 Å². The molecule has 1 rings (SSSR count). The van der Waals surface area contributed by atoms with Gasteiger partial charge >= 0.3 is 12.3 Å². The van der Waals surface area contributed by atoms with Crippen LogP contribution in [0.15, 0.2) is 0 Å². The number of carboxylic acid groups (broad SMARTS) is 1. The van der Waals surface area contributed by atoms with Crippen molar-refractivity contribution in [1.29, 1.82) is 0 Å². The zero-order valence-electron chi connectivity index (χ0n) is 8.92. The number of likely N-dealkylation sites (tertiary alicyclic amines) is 1. The van der Waals surface area contributed by atoms with Gasteiger partial charge < -0.3 is 10.4 Å². The Hall–Kier alpha value is -0.980. The van der Waals surface area contributed by atoms with E-state index in [0.29, 0.717) is 12.8 Å². The second-order valence-corrected chi connectivity index (χ2v) is 3.98. The van der Waals surface area contributed by atoms with Crippen LogP contribution in [0.4, 0.5) is 18.0 Å². The minimum Gasteiger partial charge on any atom is -0.465 e. The summed E-state index contributed by atoms with van der Waals surface area (Å²) in [6, 6.07) is -1.69. The van der Waals surface area contributed by atoms with Gasteiger partial charge in [-0.3, -0.25) is 4.90 Å². The SMILES string of the molecule is CC(N1CCC(NC(=O)O)CC1)C(F)(F)F. The van der Waals surface area contributed by atoms with Crippen molar-refractivity contribution in [2.45, 2.75) is 38.0 Å². The largest absolute Gasteiger partial charge is 0.465 e. The molecule has 4 nitrogen and oxygen atoms in total. The minimum absolute atomic E-state index is 0.228. The first-order valence-electron chi connectivity index (χ1n) is 5.11. The molecule has 0 radical (unpaired) electrons. The lowest BCUT2D eigenvalue weighted by atomic mass is 10.0. The molecule has 1 fully saturated rings. The van der Waals surface area contributed by atoms with Crippen LogP contribution in [0.1, 0.15) is 19.8 Å². The van der Waals surface area contributed by atoms with Crippen LogP contribution in [0.5, 0.6) is 0 Å². The van der Waals surface area contributed by atoms with Gasteiger partial charge in [0.15, 0.2) is 0 Å². The maximum absolute atomic E-state index is 12.4. The number of nitrogens with one attached hydrogen (secondary N) is 1. The molecule has 0 aromatic carbocycles. The number of amides is 1. The molecule has 0 bridgehead atoms. The molecular formula is C9H15F3N2O2. The number of carbonyl (C=O) groups is 1. The summed E-state index contributed by atoms with van der Waals surface area (Å²) in [5, 5.41) is 10.8. The van der Waals surface area contributed by atoms with Crippen molar-refractivity contribution < 1.29 is 23.1 Å². The lowest BCUT2D eigenvalue weighted by Gasteiger charge is -2.36. The van der Waals surface area contributed by atoms with E-state index >= 15 is 0 Å². The fourth-order valence-corrected chi connectivity index (χ4v) is 1.81. The topological polar surface area (TPSA) is 52.6 Å². The zero-order chi connectivity index (χ0) is 12.3. The summed E-state index contributed by atoms with van der Waals surface area (Å²) in [4.78, 5) is 11.7. The molecule has 0 aromatic heterocycles. The van der Waals surface area contributed by atoms with E-state index in [0.717, 1.165) is 6.92 Å². The average molecular weight is 240 g/mol. The summed E-state index contributed by atoms with van der Waals surface area (Å²) in [7, 11) is 0. The quantitative estimate of drug-likeness (QED) is 0.772. The number of rotatable bonds is 2. The van der Waals surface area contributed by atoms with E-state index < -0.39 is 18.3 Å². The maximum Gasteiger partial charge on any atom is 0.404 e. The van der Waals surface area contributed by atoms with Gasteiger partial charge in [0.2, 0.25) is 0 Å². The first-order valence-corrected chi connectivity index (χ1v) is 5.11. The van der Waals surface area contributed by atoms with Gasteiger partial charge in [-0.05, 0) is 19.8 Å². The Bertz CT molecular complexity index is 250. The third-order valence-electron chi connectivity index (χ3n) is 2.88. The first-order chi connectivity index (χ1) is 7.30. The molecule has 1 aliphatic rings. The number of nitrogens with zero attached hydrogens (tertiary/aromatic N) is 1. The molecule has 0 spiro atoms. The average Bonchev–Trinajstić information content (AvgIpc) is 2.15. The Kier molecular flexibility index (Phi) is 4.01. The third-order valence-corrected chi connectivity index (χ3v) is 2.88. The van der Waals surface area contributed by atoms with Gasteiger partial charge in [-0.25, -0.2) is 4.79 Å². The van der Waals surface area contributed by atoms with Gasteiger partial charge in [-0.15, -0.1) is 0 Å². The Morgan fingerprint density at radius 2 is 1.94 bits per heavy atom. The number of piperidine rings is 1. The summed E-state index contributed by atoms with van der Waals surface area (Å²) < 4.78 is 37.2. The molecule has 1 aliphatic heterocycles.